The normalized spacial score (nSPS) is 21.5. The summed E-state index contributed by atoms with van der Waals surface area (Å²) < 4.78 is 5.38. The van der Waals surface area contributed by atoms with E-state index in [1.165, 1.54) is 0 Å². The van der Waals surface area contributed by atoms with Crippen molar-refractivity contribution in [3.05, 3.63) is 23.9 Å². The first-order valence-electron chi connectivity index (χ1n) is 7.21. The number of amides is 1. The average molecular weight is 293 g/mol. The number of hydrogen-bond acceptors (Lipinski definition) is 5. The van der Waals surface area contributed by atoms with Crippen molar-refractivity contribution >= 4 is 11.8 Å². The van der Waals surface area contributed by atoms with E-state index in [1.54, 1.807) is 4.90 Å². The summed E-state index contributed by atoms with van der Waals surface area (Å²) in [4.78, 5) is 16.0. The highest BCUT2D eigenvalue weighted by Crippen LogP contribution is 2.17. The Morgan fingerprint density at radius 3 is 2.38 bits per heavy atom. The van der Waals surface area contributed by atoms with E-state index in [9.17, 15) is 4.79 Å². The first-order chi connectivity index (χ1) is 9.89. The zero-order valence-electron chi connectivity index (χ0n) is 12.9. The Labute approximate surface area is 125 Å². The summed E-state index contributed by atoms with van der Waals surface area (Å²) in [7, 11) is 0. The monoisotopic (exact) mass is 293 g/mol. The van der Waals surface area contributed by atoms with Crippen LogP contribution in [0, 0.1) is 0 Å². The molecule has 0 atom stereocenters. The van der Waals surface area contributed by atoms with Crippen LogP contribution < -0.4 is 0 Å². The van der Waals surface area contributed by atoms with Crippen molar-refractivity contribution in [3.8, 4) is 0 Å². The molecular formula is C15H23N3O3. The van der Waals surface area contributed by atoms with Crippen LogP contribution in [0.25, 0.3) is 0 Å². The van der Waals surface area contributed by atoms with Gasteiger partial charge in [-0.05, 0) is 32.9 Å². The molecule has 0 spiro atoms. The molecule has 6 nitrogen and oxygen atoms in total. The van der Waals surface area contributed by atoms with Crippen molar-refractivity contribution in [2.75, 3.05) is 26.2 Å². The molecular weight excluding hydrogens is 270 g/mol. The number of ether oxygens (including phenoxy) is 1. The first kappa shape index (κ1) is 15.4. The zero-order chi connectivity index (χ0) is 15.5. The van der Waals surface area contributed by atoms with E-state index in [0.717, 1.165) is 18.8 Å². The van der Waals surface area contributed by atoms with E-state index >= 15 is 0 Å². The molecule has 0 aromatic carbocycles. The van der Waals surface area contributed by atoms with Crippen molar-refractivity contribution in [1.29, 1.82) is 0 Å². The molecule has 1 fully saturated rings. The molecule has 1 aliphatic heterocycles. The molecule has 2 aliphatic rings. The highest BCUT2D eigenvalue weighted by atomic mass is 16.6. The fourth-order valence-electron chi connectivity index (χ4n) is 2.31. The Bertz CT molecular complexity index is 481. The Kier molecular flexibility index (Phi) is 4.55. The maximum atomic E-state index is 12.0. The maximum Gasteiger partial charge on any atom is 0.410 e. The molecule has 1 N–H and O–H groups in total. The summed E-state index contributed by atoms with van der Waals surface area (Å²) in [5.41, 5.74) is 1.32. The van der Waals surface area contributed by atoms with Crippen LogP contribution in [-0.2, 0) is 4.74 Å². The topological polar surface area (TPSA) is 65.4 Å². The highest BCUT2D eigenvalue weighted by molar-refractivity contribution is 5.97. The first-order valence-corrected chi connectivity index (χ1v) is 7.21. The van der Waals surface area contributed by atoms with Gasteiger partial charge >= 0.3 is 6.09 Å². The van der Waals surface area contributed by atoms with E-state index in [2.05, 4.69) is 10.1 Å². The SMILES string of the molecule is CC(C)(C)OC(=O)N1CCN(C2=CCC(=NO)C=C2)CC1. The summed E-state index contributed by atoms with van der Waals surface area (Å²) in [6.45, 7) is 8.49. The summed E-state index contributed by atoms with van der Waals surface area (Å²) in [5.74, 6) is 0. The molecule has 1 amide bonds. The minimum absolute atomic E-state index is 0.245. The molecule has 116 valence electrons. The quantitative estimate of drug-likeness (QED) is 0.594. The second-order valence-electron chi connectivity index (χ2n) is 6.21. The maximum absolute atomic E-state index is 12.0. The van der Waals surface area contributed by atoms with Crippen LogP contribution in [0.15, 0.2) is 29.1 Å². The van der Waals surface area contributed by atoms with Gasteiger partial charge in [-0.2, -0.15) is 0 Å². The standard InChI is InChI=1S/C15H23N3O3/c1-15(2,3)21-14(19)18-10-8-17(9-11-18)13-6-4-12(16-20)5-7-13/h4,6-7,20H,5,8-11H2,1-3H3. The van der Waals surface area contributed by atoms with Crippen molar-refractivity contribution in [3.63, 3.8) is 0 Å². The molecule has 2 rings (SSSR count). The third-order valence-electron chi connectivity index (χ3n) is 3.39. The minimum atomic E-state index is -0.455. The number of oxime groups is 1. The van der Waals surface area contributed by atoms with E-state index < -0.39 is 5.60 Å². The molecule has 1 saturated heterocycles. The average Bonchev–Trinajstić information content (AvgIpc) is 2.46. The Balaban J connectivity index is 1.85. The van der Waals surface area contributed by atoms with E-state index in [0.29, 0.717) is 25.2 Å². The number of allylic oxidation sites excluding steroid dienone is 3. The van der Waals surface area contributed by atoms with Crippen LogP contribution in [-0.4, -0.2) is 58.6 Å². The van der Waals surface area contributed by atoms with Gasteiger partial charge in [0.15, 0.2) is 0 Å². The van der Waals surface area contributed by atoms with E-state index in [1.807, 2.05) is 39.0 Å². The fraction of sp³-hybridized carbons (Fsp3) is 0.600. The van der Waals surface area contributed by atoms with Crippen LogP contribution in [0.2, 0.25) is 0 Å². The molecule has 1 heterocycles. The van der Waals surface area contributed by atoms with Gasteiger partial charge in [0.25, 0.3) is 0 Å². The third-order valence-corrected chi connectivity index (χ3v) is 3.39. The fourth-order valence-corrected chi connectivity index (χ4v) is 2.31. The highest BCUT2D eigenvalue weighted by Gasteiger charge is 2.26. The second-order valence-corrected chi connectivity index (χ2v) is 6.21. The van der Waals surface area contributed by atoms with Crippen LogP contribution in [0.5, 0.6) is 0 Å². The third kappa shape index (κ3) is 4.24. The molecule has 1 aliphatic carbocycles. The number of carbonyl (C=O) groups excluding carboxylic acids is 1. The van der Waals surface area contributed by atoms with E-state index in [-0.39, 0.29) is 6.09 Å². The Hall–Kier alpha value is -1.98. The van der Waals surface area contributed by atoms with Crippen LogP contribution >= 0.6 is 0 Å². The Morgan fingerprint density at radius 2 is 1.90 bits per heavy atom. The van der Waals surface area contributed by atoms with Crippen molar-refractivity contribution in [2.24, 2.45) is 5.16 Å². The lowest BCUT2D eigenvalue weighted by Crippen LogP contribution is -2.49. The summed E-state index contributed by atoms with van der Waals surface area (Å²) in [5, 5.41) is 11.9. The van der Waals surface area contributed by atoms with Gasteiger partial charge in [0.1, 0.15) is 5.60 Å². The molecule has 0 aromatic heterocycles. The molecule has 21 heavy (non-hydrogen) atoms. The van der Waals surface area contributed by atoms with Crippen molar-refractivity contribution in [1.82, 2.24) is 9.80 Å². The van der Waals surface area contributed by atoms with Crippen molar-refractivity contribution < 1.29 is 14.7 Å². The van der Waals surface area contributed by atoms with Crippen LogP contribution in [0.4, 0.5) is 4.79 Å². The smallest absolute Gasteiger partial charge is 0.410 e. The van der Waals surface area contributed by atoms with Crippen LogP contribution in [0.3, 0.4) is 0 Å². The molecule has 0 bridgehead atoms. The van der Waals surface area contributed by atoms with Gasteiger partial charge in [-0.1, -0.05) is 11.2 Å². The molecule has 0 unspecified atom stereocenters. The van der Waals surface area contributed by atoms with Crippen LogP contribution in [0.1, 0.15) is 27.2 Å². The Morgan fingerprint density at radius 1 is 1.24 bits per heavy atom. The number of rotatable bonds is 1. The predicted molar refractivity (Wildman–Crippen MR) is 80.4 cm³/mol. The summed E-state index contributed by atoms with van der Waals surface area (Å²) in [6, 6.07) is 0. The summed E-state index contributed by atoms with van der Waals surface area (Å²) in [6.07, 6.45) is 6.19. The predicted octanol–water partition coefficient (Wildman–Crippen LogP) is 2.21. The lowest BCUT2D eigenvalue weighted by Gasteiger charge is -2.37. The van der Waals surface area contributed by atoms with Gasteiger partial charge in [-0.3, -0.25) is 0 Å². The minimum Gasteiger partial charge on any atom is -0.444 e. The van der Waals surface area contributed by atoms with Crippen molar-refractivity contribution in [2.45, 2.75) is 32.8 Å². The molecule has 0 aromatic rings. The van der Waals surface area contributed by atoms with E-state index in [4.69, 9.17) is 9.94 Å². The van der Waals surface area contributed by atoms with Gasteiger partial charge in [-0.25, -0.2) is 4.79 Å². The zero-order valence-corrected chi connectivity index (χ0v) is 12.9. The number of carbonyl (C=O) groups is 1. The lowest BCUT2D eigenvalue weighted by molar-refractivity contribution is 0.0171. The van der Waals surface area contributed by atoms with Gasteiger partial charge in [0.05, 0.1) is 5.71 Å². The number of nitrogens with zero attached hydrogens (tertiary/aromatic N) is 3. The second kappa shape index (κ2) is 6.20. The number of hydrogen-bond donors (Lipinski definition) is 1. The van der Waals surface area contributed by atoms with Gasteiger partial charge in [0.2, 0.25) is 0 Å². The largest absolute Gasteiger partial charge is 0.444 e. The van der Waals surface area contributed by atoms with Gasteiger partial charge < -0.3 is 19.7 Å². The molecule has 0 saturated carbocycles. The summed E-state index contributed by atoms with van der Waals surface area (Å²) >= 11 is 0. The molecule has 6 heteroatoms. The molecule has 0 radical (unpaired) electrons. The van der Waals surface area contributed by atoms with Gasteiger partial charge in [0, 0.05) is 38.3 Å². The van der Waals surface area contributed by atoms with Gasteiger partial charge in [-0.15, -0.1) is 0 Å². The lowest BCUT2D eigenvalue weighted by atomic mass is 10.1. The number of piperazine rings is 1.